The van der Waals surface area contributed by atoms with Crippen molar-refractivity contribution in [3.8, 4) is 11.3 Å². The Morgan fingerprint density at radius 3 is 2.63 bits per heavy atom. The van der Waals surface area contributed by atoms with Gasteiger partial charge in [0, 0.05) is 23.3 Å². The summed E-state index contributed by atoms with van der Waals surface area (Å²) < 4.78 is 0. The SMILES string of the molecule is C/C(=N/NC(=O)c1cc(-c2ccc(C)cc2)n[nH]1)c1cccc([N+](=O)[O-])c1. The van der Waals surface area contributed by atoms with Crippen molar-refractivity contribution in [3.05, 3.63) is 81.5 Å². The fourth-order valence-corrected chi connectivity index (χ4v) is 2.41. The highest BCUT2D eigenvalue weighted by Crippen LogP contribution is 2.18. The van der Waals surface area contributed by atoms with Crippen LogP contribution >= 0.6 is 0 Å². The van der Waals surface area contributed by atoms with Crippen molar-refractivity contribution < 1.29 is 9.72 Å². The normalized spacial score (nSPS) is 11.3. The van der Waals surface area contributed by atoms with Gasteiger partial charge in [-0.1, -0.05) is 42.0 Å². The van der Waals surface area contributed by atoms with E-state index in [0.717, 1.165) is 11.1 Å². The maximum atomic E-state index is 12.3. The number of rotatable bonds is 5. The van der Waals surface area contributed by atoms with E-state index in [1.54, 1.807) is 25.1 Å². The molecule has 0 unspecified atom stereocenters. The van der Waals surface area contributed by atoms with Crippen LogP contribution in [0.2, 0.25) is 0 Å². The van der Waals surface area contributed by atoms with E-state index in [-0.39, 0.29) is 11.4 Å². The van der Waals surface area contributed by atoms with Crippen LogP contribution in [0.4, 0.5) is 5.69 Å². The molecule has 0 aliphatic carbocycles. The molecule has 0 atom stereocenters. The summed E-state index contributed by atoms with van der Waals surface area (Å²) in [5, 5.41) is 21.7. The van der Waals surface area contributed by atoms with Gasteiger partial charge in [-0.05, 0) is 19.9 Å². The average molecular weight is 363 g/mol. The van der Waals surface area contributed by atoms with E-state index in [2.05, 4.69) is 20.7 Å². The van der Waals surface area contributed by atoms with Crippen molar-refractivity contribution in [2.24, 2.45) is 5.10 Å². The predicted molar refractivity (Wildman–Crippen MR) is 102 cm³/mol. The molecule has 2 N–H and O–H groups in total. The number of carbonyl (C=O) groups excluding carboxylic acids is 1. The van der Waals surface area contributed by atoms with E-state index in [1.807, 2.05) is 31.2 Å². The maximum Gasteiger partial charge on any atom is 0.289 e. The van der Waals surface area contributed by atoms with Gasteiger partial charge in [0.2, 0.25) is 0 Å². The highest BCUT2D eigenvalue weighted by molar-refractivity contribution is 6.01. The van der Waals surface area contributed by atoms with Crippen LogP contribution in [0.5, 0.6) is 0 Å². The van der Waals surface area contributed by atoms with Crippen LogP contribution in [0.1, 0.15) is 28.5 Å². The van der Waals surface area contributed by atoms with Gasteiger partial charge in [-0.2, -0.15) is 10.2 Å². The molecule has 0 aliphatic rings. The number of nitrogens with zero attached hydrogens (tertiary/aromatic N) is 3. The van der Waals surface area contributed by atoms with Crippen molar-refractivity contribution in [2.75, 3.05) is 0 Å². The Morgan fingerprint density at radius 2 is 1.93 bits per heavy atom. The summed E-state index contributed by atoms with van der Waals surface area (Å²) in [6.07, 6.45) is 0. The fourth-order valence-electron chi connectivity index (χ4n) is 2.41. The second kappa shape index (κ2) is 7.61. The molecule has 0 fully saturated rings. The van der Waals surface area contributed by atoms with E-state index < -0.39 is 10.8 Å². The number of hydrogen-bond acceptors (Lipinski definition) is 5. The Labute approximate surface area is 155 Å². The zero-order valence-corrected chi connectivity index (χ0v) is 14.8. The number of aryl methyl sites for hydroxylation is 1. The highest BCUT2D eigenvalue weighted by atomic mass is 16.6. The molecular weight excluding hydrogens is 346 g/mol. The van der Waals surface area contributed by atoms with Gasteiger partial charge in [-0.15, -0.1) is 0 Å². The molecule has 0 aliphatic heterocycles. The summed E-state index contributed by atoms with van der Waals surface area (Å²) in [7, 11) is 0. The summed E-state index contributed by atoms with van der Waals surface area (Å²) in [6.45, 7) is 3.65. The van der Waals surface area contributed by atoms with E-state index in [4.69, 9.17) is 0 Å². The first-order valence-electron chi connectivity index (χ1n) is 8.16. The standard InChI is InChI=1S/C19H17N5O3/c1-12-6-8-14(9-7-12)17-11-18(22-21-17)19(25)23-20-13(2)15-4-3-5-16(10-15)24(26)27/h3-11H,1-2H3,(H,21,22)(H,23,25)/b20-13-. The number of benzene rings is 2. The molecule has 3 aromatic rings. The van der Waals surface area contributed by atoms with E-state index in [9.17, 15) is 14.9 Å². The minimum atomic E-state index is -0.480. The molecule has 8 nitrogen and oxygen atoms in total. The van der Waals surface area contributed by atoms with Crippen LogP contribution in [-0.2, 0) is 0 Å². The van der Waals surface area contributed by atoms with Gasteiger partial charge in [0.1, 0.15) is 5.69 Å². The van der Waals surface area contributed by atoms with Crippen LogP contribution in [0.15, 0.2) is 59.7 Å². The lowest BCUT2D eigenvalue weighted by atomic mass is 10.1. The third-order valence-corrected chi connectivity index (χ3v) is 3.97. The first-order chi connectivity index (χ1) is 12.9. The topological polar surface area (TPSA) is 113 Å². The number of hydrazone groups is 1. The Hall–Kier alpha value is -3.81. The smallest absolute Gasteiger partial charge is 0.272 e. The molecular formula is C19H17N5O3. The van der Waals surface area contributed by atoms with Gasteiger partial charge in [0.15, 0.2) is 0 Å². The minimum Gasteiger partial charge on any atom is -0.272 e. The van der Waals surface area contributed by atoms with Gasteiger partial charge in [-0.3, -0.25) is 20.0 Å². The molecule has 1 amide bonds. The van der Waals surface area contributed by atoms with Crippen LogP contribution in [0.25, 0.3) is 11.3 Å². The molecule has 0 bridgehead atoms. The number of non-ortho nitro benzene ring substituents is 1. The second-order valence-electron chi connectivity index (χ2n) is 5.98. The fraction of sp³-hybridized carbons (Fsp3) is 0.105. The first-order valence-corrected chi connectivity index (χ1v) is 8.16. The van der Waals surface area contributed by atoms with Crippen molar-refractivity contribution in [1.82, 2.24) is 15.6 Å². The van der Waals surface area contributed by atoms with E-state index in [1.165, 1.54) is 12.1 Å². The monoisotopic (exact) mass is 363 g/mol. The Morgan fingerprint density at radius 1 is 1.19 bits per heavy atom. The van der Waals surface area contributed by atoms with Crippen LogP contribution in [0, 0.1) is 17.0 Å². The molecule has 136 valence electrons. The molecule has 27 heavy (non-hydrogen) atoms. The van der Waals surface area contributed by atoms with Crippen LogP contribution in [-0.4, -0.2) is 26.7 Å². The number of aromatic amines is 1. The number of nitro groups is 1. The van der Waals surface area contributed by atoms with Crippen molar-refractivity contribution in [3.63, 3.8) is 0 Å². The number of carbonyl (C=O) groups is 1. The van der Waals surface area contributed by atoms with Crippen molar-refractivity contribution in [1.29, 1.82) is 0 Å². The first kappa shape index (κ1) is 18.0. The lowest BCUT2D eigenvalue weighted by Gasteiger charge is -2.02. The number of H-pyrrole nitrogens is 1. The van der Waals surface area contributed by atoms with Gasteiger partial charge < -0.3 is 0 Å². The van der Waals surface area contributed by atoms with Gasteiger partial charge in [-0.25, -0.2) is 5.43 Å². The molecule has 0 saturated carbocycles. The van der Waals surface area contributed by atoms with Gasteiger partial charge >= 0.3 is 0 Å². The number of amides is 1. The zero-order valence-electron chi connectivity index (χ0n) is 14.8. The average Bonchev–Trinajstić information content (AvgIpc) is 3.16. The summed E-state index contributed by atoms with van der Waals surface area (Å²) in [5.74, 6) is -0.453. The Kier molecular flexibility index (Phi) is 5.07. The molecule has 3 rings (SSSR count). The minimum absolute atomic E-state index is 0.0373. The Balaban J connectivity index is 1.72. The van der Waals surface area contributed by atoms with E-state index >= 15 is 0 Å². The van der Waals surface area contributed by atoms with Crippen molar-refractivity contribution >= 4 is 17.3 Å². The number of nitrogens with one attached hydrogen (secondary N) is 2. The van der Waals surface area contributed by atoms with Gasteiger partial charge in [0.25, 0.3) is 11.6 Å². The maximum absolute atomic E-state index is 12.3. The number of nitro benzene ring substituents is 1. The van der Waals surface area contributed by atoms with E-state index in [0.29, 0.717) is 17.0 Å². The molecule has 1 heterocycles. The largest absolute Gasteiger partial charge is 0.289 e. The zero-order chi connectivity index (χ0) is 19.4. The predicted octanol–water partition coefficient (Wildman–Crippen LogP) is 3.45. The summed E-state index contributed by atoms with van der Waals surface area (Å²) >= 11 is 0. The summed E-state index contributed by atoms with van der Waals surface area (Å²) in [5.41, 5.74) is 6.34. The summed E-state index contributed by atoms with van der Waals surface area (Å²) in [4.78, 5) is 22.6. The van der Waals surface area contributed by atoms with Gasteiger partial charge in [0.05, 0.1) is 16.3 Å². The van der Waals surface area contributed by atoms with Crippen LogP contribution < -0.4 is 5.43 Å². The lowest BCUT2D eigenvalue weighted by Crippen LogP contribution is -2.19. The molecule has 1 aromatic heterocycles. The number of hydrogen-bond donors (Lipinski definition) is 2. The van der Waals surface area contributed by atoms with Crippen molar-refractivity contribution in [2.45, 2.75) is 13.8 Å². The summed E-state index contributed by atoms with van der Waals surface area (Å²) in [6, 6.07) is 15.5. The second-order valence-corrected chi connectivity index (χ2v) is 5.98. The molecule has 0 saturated heterocycles. The molecule has 0 spiro atoms. The molecule has 0 radical (unpaired) electrons. The number of aromatic nitrogens is 2. The third kappa shape index (κ3) is 4.24. The third-order valence-electron chi connectivity index (χ3n) is 3.97. The molecule has 2 aromatic carbocycles. The van der Waals surface area contributed by atoms with Crippen LogP contribution in [0.3, 0.4) is 0 Å². The quantitative estimate of drug-likeness (QED) is 0.410. The molecule has 8 heteroatoms. The Bertz CT molecular complexity index is 1020. The lowest BCUT2D eigenvalue weighted by molar-refractivity contribution is -0.384. The highest BCUT2D eigenvalue weighted by Gasteiger charge is 2.12.